The van der Waals surface area contributed by atoms with E-state index in [0.29, 0.717) is 6.42 Å². The number of likely N-dealkylation sites (N-methyl/N-ethyl adjacent to an activating group) is 1. The van der Waals surface area contributed by atoms with Gasteiger partial charge in [0.1, 0.15) is 11.6 Å². The first-order valence-electron chi connectivity index (χ1n) is 8.21. The Morgan fingerprint density at radius 1 is 1.30 bits per heavy atom. The Labute approximate surface area is 138 Å². The maximum Gasteiger partial charge on any atom is 0.408 e. The van der Waals surface area contributed by atoms with E-state index in [1.165, 1.54) is 14.2 Å². The third-order valence-electron chi connectivity index (χ3n) is 4.08. The van der Waals surface area contributed by atoms with Gasteiger partial charge in [0.15, 0.2) is 0 Å². The van der Waals surface area contributed by atoms with Gasteiger partial charge in [-0.25, -0.2) is 9.86 Å². The number of carbonyl (C=O) groups excluding carboxylic acids is 2. The van der Waals surface area contributed by atoms with Gasteiger partial charge < -0.3 is 15.8 Å². The minimum Gasteiger partial charge on any atom is -0.444 e. The number of nitrogens with one attached hydrogen (secondary N) is 1. The highest BCUT2D eigenvalue weighted by Crippen LogP contribution is 2.27. The Morgan fingerprint density at radius 3 is 2.43 bits per heavy atom. The maximum atomic E-state index is 12.4. The summed E-state index contributed by atoms with van der Waals surface area (Å²) in [4.78, 5) is 29.4. The van der Waals surface area contributed by atoms with E-state index >= 15 is 0 Å². The molecule has 2 amide bonds. The van der Waals surface area contributed by atoms with Crippen molar-refractivity contribution in [3.05, 3.63) is 0 Å². The van der Waals surface area contributed by atoms with Crippen LogP contribution in [0.4, 0.5) is 4.79 Å². The first-order chi connectivity index (χ1) is 10.6. The van der Waals surface area contributed by atoms with Crippen LogP contribution in [0.5, 0.6) is 0 Å². The second-order valence-electron chi connectivity index (χ2n) is 7.16. The van der Waals surface area contributed by atoms with Crippen LogP contribution in [0.1, 0.15) is 52.9 Å². The molecule has 0 saturated heterocycles. The molecule has 1 aliphatic carbocycles. The first-order valence-corrected chi connectivity index (χ1v) is 8.21. The van der Waals surface area contributed by atoms with Gasteiger partial charge in [-0.15, -0.1) is 0 Å². The second-order valence-corrected chi connectivity index (χ2v) is 7.16. The summed E-state index contributed by atoms with van der Waals surface area (Å²) in [6.07, 6.45) is 4.03. The number of rotatable bonds is 5. The summed E-state index contributed by atoms with van der Waals surface area (Å²) >= 11 is 0. The topological polar surface area (TPSA) is 93.9 Å². The summed E-state index contributed by atoms with van der Waals surface area (Å²) in [5.41, 5.74) is 5.55. The van der Waals surface area contributed by atoms with E-state index in [4.69, 9.17) is 15.3 Å². The molecular weight excluding hydrogens is 298 g/mol. The fourth-order valence-corrected chi connectivity index (χ4v) is 2.81. The molecule has 0 aromatic carbocycles. The van der Waals surface area contributed by atoms with Crippen LogP contribution in [0.2, 0.25) is 0 Å². The number of ether oxygens (including phenoxy) is 1. The zero-order chi connectivity index (χ0) is 17.6. The predicted molar refractivity (Wildman–Crippen MR) is 87.5 cm³/mol. The SMILES string of the molecule is CON(C)C(=O)[C@H](CC1CCCCC1N)NC(=O)OC(C)(C)C. The van der Waals surface area contributed by atoms with Crippen molar-refractivity contribution in [3.8, 4) is 0 Å². The molecule has 1 fully saturated rings. The maximum absolute atomic E-state index is 12.4. The summed E-state index contributed by atoms with van der Waals surface area (Å²) < 4.78 is 5.25. The lowest BCUT2D eigenvalue weighted by atomic mass is 9.81. The van der Waals surface area contributed by atoms with E-state index in [2.05, 4.69) is 5.32 Å². The van der Waals surface area contributed by atoms with Gasteiger partial charge in [0.2, 0.25) is 0 Å². The van der Waals surface area contributed by atoms with E-state index in [9.17, 15) is 9.59 Å². The number of nitrogens with zero attached hydrogens (tertiary/aromatic N) is 1. The molecule has 0 aromatic rings. The molecule has 7 nitrogen and oxygen atoms in total. The zero-order valence-corrected chi connectivity index (χ0v) is 14.9. The number of nitrogens with two attached hydrogens (primary N) is 1. The highest BCUT2D eigenvalue weighted by atomic mass is 16.7. The molecule has 1 saturated carbocycles. The molecule has 0 spiro atoms. The van der Waals surface area contributed by atoms with Crippen LogP contribution in [0.25, 0.3) is 0 Å². The quantitative estimate of drug-likeness (QED) is 0.750. The van der Waals surface area contributed by atoms with Crippen molar-refractivity contribution in [1.82, 2.24) is 10.4 Å². The van der Waals surface area contributed by atoms with Crippen LogP contribution in [-0.4, -0.2) is 48.9 Å². The lowest BCUT2D eigenvalue weighted by molar-refractivity contribution is -0.171. The average molecular weight is 329 g/mol. The molecule has 3 atom stereocenters. The summed E-state index contributed by atoms with van der Waals surface area (Å²) in [7, 11) is 2.93. The zero-order valence-electron chi connectivity index (χ0n) is 14.9. The molecule has 0 bridgehead atoms. The van der Waals surface area contributed by atoms with Crippen molar-refractivity contribution < 1.29 is 19.2 Å². The fourth-order valence-electron chi connectivity index (χ4n) is 2.81. The Kier molecular flexibility index (Phi) is 7.28. The number of amides is 2. The first kappa shape index (κ1) is 19.7. The summed E-state index contributed by atoms with van der Waals surface area (Å²) in [6.45, 7) is 5.34. The van der Waals surface area contributed by atoms with Gasteiger partial charge in [-0.2, -0.15) is 0 Å². The average Bonchev–Trinajstić information content (AvgIpc) is 2.45. The normalized spacial score (nSPS) is 23.0. The molecule has 0 radical (unpaired) electrons. The van der Waals surface area contributed by atoms with Gasteiger partial charge in [-0.05, 0) is 46.0 Å². The smallest absolute Gasteiger partial charge is 0.408 e. The van der Waals surface area contributed by atoms with Crippen molar-refractivity contribution in [3.63, 3.8) is 0 Å². The molecule has 1 rings (SSSR count). The van der Waals surface area contributed by atoms with Crippen LogP contribution in [0.15, 0.2) is 0 Å². The van der Waals surface area contributed by atoms with E-state index in [0.717, 1.165) is 30.7 Å². The van der Waals surface area contributed by atoms with Crippen LogP contribution >= 0.6 is 0 Å². The molecule has 0 heterocycles. The molecule has 3 N–H and O–H groups in total. The largest absolute Gasteiger partial charge is 0.444 e. The minimum absolute atomic E-state index is 0.0623. The van der Waals surface area contributed by atoms with Crippen molar-refractivity contribution in [2.45, 2.75) is 70.6 Å². The van der Waals surface area contributed by atoms with Crippen molar-refractivity contribution in [2.75, 3.05) is 14.2 Å². The van der Waals surface area contributed by atoms with Gasteiger partial charge in [-0.3, -0.25) is 9.63 Å². The van der Waals surface area contributed by atoms with Gasteiger partial charge in [0.25, 0.3) is 5.91 Å². The molecule has 134 valence electrons. The number of hydrogen-bond acceptors (Lipinski definition) is 5. The van der Waals surface area contributed by atoms with Crippen LogP contribution < -0.4 is 11.1 Å². The second kappa shape index (κ2) is 8.49. The monoisotopic (exact) mass is 329 g/mol. The van der Waals surface area contributed by atoms with Crippen LogP contribution in [-0.2, 0) is 14.4 Å². The number of hydroxylamine groups is 2. The van der Waals surface area contributed by atoms with E-state index in [-0.39, 0.29) is 17.9 Å². The highest BCUT2D eigenvalue weighted by molar-refractivity contribution is 5.84. The number of carbonyl (C=O) groups is 2. The molecule has 2 unspecified atom stereocenters. The lowest BCUT2D eigenvalue weighted by Crippen LogP contribution is -2.50. The number of hydrogen-bond donors (Lipinski definition) is 2. The standard InChI is InChI=1S/C16H31N3O4/c1-16(2,3)23-15(21)18-13(14(20)19(4)22-5)10-11-8-6-7-9-12(11)17/h11-13H,6-10,17H2,1-5H3,(H,18,21)/t11?,12?,13-/m0/s1. The third kappa shape index (κ3) is 6.74. The van der Waals surface area contributed by atoms with Gasteiger partial charge >= 0.3 is 6.09 Å². The third-order valence-corrected chi connectivity index (χ3v) is 4.08. The Bertz CT molecular complexity index is 409. The lowest BCUT2D eigenvalue weighted by Gasteiger charge is -2.32. The molecule has 1 aliphatic rings. The molecule has 7 heteroatoms. The van der Waals surface area contributed by atoms with Gasteiger partial charge in [0.05, 0.1) is 7.11 Å². The molecular formula is C16H31N3O4. The van der Waals surface area contributed by atoms with E-state index in [1.807, 2.05) is 0 Å². The van der Waals surface area contributed by atoms with Gasteiger partial charge in [-0.1, -0.05) is 12.8 Å². The van der Waals surface area contributed by atoms with Crippen molar-refractivity contribution in [1.29, 1.82) is 0 Å². The molecule has 23 heavy (non-hydrogen) atoms. The van der Waals surface area contributed by atoms with Crippen molar-refractivity contribution in [2.24, 2.45) is 11.7 Å². The van der Waals surface area contributed by atoms with Crippen LogP contribution in [0, 0.1) is 5.92 Å². The Balaban J connectivity index is 2.76. The Morgan fingerprint density at radius 2 is 1.91 bits per heavy atom. The summed E-state index contributed by atoms with van der Waals surface area (Å²) in [5, 5.41) is 3.79. The molecule has 0 aromatic heterocycles. The Hall–Kier alpha value is -1.34. The van der Waals surface area contributed by atoms with E-state index < -0.39 is 17.7 Å². The predicted octanol–water partition coefficient (Wildman–Crippen LogP) is 1.81. The minimum atomic E-state index is -0.705. The van der Waals surface area contributed by atoms with E-state index in [1.54, 1.807) is 20.8 Å². The van der Waals surface area contributed by atoms with Crippen molar-refractivity contribution >= 4 is 12.0 Å². The molecule has 0 aliphatic heterocycles. The fraction of sp³-hybridized carbons (Fsp3) is 0.875. The van der Waals surface area contributed by atoms with Gasteiger partial charge in [0, 0.05) is 13.1 Å². The number of alkyl carbamates (subject to hydrolysis) is 1. The highest BCUT2D eigenvalue weighted by Gasteiger charge is 2.32. The van der Waals surface area contributed by atoms with Crippen LogP contribution in [0.3, 0.4) is 0 Å². The summed E-state index contributed by atoms with van der Waals surface area (Å²) in [5.74, 6) is -0.103. The summed E-state index contributed by atoms with van der Waals surface area (Å²) in [6, 6.07) is -0.642.